The molecule has 1 amide bonds. The van der Waals surface area contributed by atoms with E-state index in [2.05, 4.69) is 4.98 Å². The molecule has 0 spiro atoms. The maximum atomic E-state index is 13.2. The zero-order valence-electron chi connectivity index (χ0n) is 16.4. The molecule has 1 aliphatic rings. The van der Waals surface area contributed by atoms with Crippen LogP contribution in [0.4, 0.5) is 0 Å². The van der Waals surface area contributed by atoms with Crippen LogP contribution in [-0.2, 0) is 27.7 Å². The molecule has 1 atom stereocenters. The highest BCUT2D eigenvalue weighted by molar-refractivity contribution is 7.91. The molecular weight excluding hydrogens is 461 g/mol. The van der Waals surface area contributed by atoms with Crippen molar-refractivity contribution in [3.8, 4) is 0 Å². The van der Waals surface area contributed by atoms with Crippen molar-refractivity contribution in [2.24, 2.45) is 0 Å². The Balaban J connectivity index is 1.66. The van der Waals surface area contributed by atoms with Crippen molar-refractivity contribution in [2.75, 3.05) is 11.5 Å². The first-order valence-corrected chi connectivity index (χ1v) is 12.2. The van der Waals surface area contributed by atoms with Crippen LogP contribution in [0.2, 0.25) is 10.0 Å². The van der Waals surface area contributed by atoms with Crippen molar-refractivity contribution in [3.63, 3.8) is 0 Å². The molecule has 1 unspecified atom stereocenters. The Morgan fingerprint density at radius 2 is 1.94 bits per heavy atom. The SMILES string of the molecule is O=C(Cn1cnc2c(Cl)cc(Cl)cc2c1=O)N(Cc1ccccc1)C1CCS(=O)(=O)C1. The fourth-order valence-electron chi connectivity index (χ4n) is 3.77. The molecule has 1 aliphatic heterocycles. The van der Waals surface area contributed by atoms with Gasteiger partial charge >= 0.3 is 0 Å². The molecule has 0 aliphatic carbocycles. The third-order valence-electron chi connectivity index (χ3n) is 5.32. The third kappa shape index (κ3) is 4.76. The lowest BCUT2D eigenvalue weighted by molar-refractivity contribution is -0.134. The van der Waals surface area contributed by atoms with Crippen LogP contribution in [0.25, 0.3) is 10.9 Å². The van der Waals surface area contributed by atoms with Gasteiger partial charge in [0.2, 0.25) is 5.91 Å². The van der Waals surface area contributed by atoms with Crippen LogP contribution >= 0.6 is 23.2 Å². The van der Waals surface area contributed by atoms with Gasteiger partial charge in [-0.3, -0.25) is 14.2 Å². The van der Waals surface area contributed by atoms with E-state index in [-0.39, 0.29) is 40.9 Å². The minimum absolute atomic E-state index is 0.0463. The zero-order chi connectivity index (χ0) is 22.2. The lowest BCUT2D eigenvalue weighted by Crippen LogP contribution is -2.43. The Labute approximate surface area is 189 Å². The summed E-state index contributed by atoms with van der Waals surface area (Å²) in [5, 5.41) is 0.758. The number of fused-ring (bicyclic) bond motifs is 1. The molecule has 3 aromatic rings. The van der Waals surface area contributed by atoms with E-state index in [4.69, 9.17) is 23.2 Å². The lowest BCUT2D eigenvalue weighted by Gasteiger charge is -2.28. The largest absolute Gasteiger partial charge is 0.333 e. The van der Waals surface area contributed by atoms with Gasteiger partial charge in [-0.15, -0.1) is 0 Å². The number of carbonyl (C=O) groups is 1. The quantitative estimate of drug-likeness (QED) is 0.561. The van der Waals surface area contributed by atoms with Crippen LogP contribution in [0.5, 0.6) is 0 Å². The van der Waals surface area contributed by atoms with Gasteiger partial charge in [0.15, 0.2) is 9.84 Å². The molecule has 4 rings (SSSR count). The number of carbonyl (C=O) groups excluding carboxylic acids is 1. The number of nitrogens with zero attached hydrogens (tertiary/aromatic N) is 3. The van der Waals surface area contributed by atoms with Crippen LogP contribution in [0.1, 0.15) is 12.0 Å². The molecule has 0 bridgehead atoms. The highest BCUT2D eigenvalue weighted by atomic mass is 35.5. The number of amides is 1. The van der Waals surface area contributed by atoms with Gasteiger partial charge < -0.3 is 4.90 Å². The van der Waals surface area contributed by atoms with Gasteiger partial charge in [0.1, 0.15) is 6.54 Å². The summed E-state index contributed by atoms with van der Waals surface area (Å²) in [5.41, 5.74) is 0.743. The summed E-state index contributed by atoms with van der Waals surface area (Å²) < 4.78 is 25.2. The second-order valence-corrected chi connectivity index (χ2v) is 10.6. The van der Waals surface area contributed by atoms with Crippen molar-refractivity contribution in [3.05, 3.63) is 74.8 Å². The van der Waals surface area contributed by atoms with Crippen LogP contribution in [0.3, 0.4) is 0 Å². The summed E-state index contributed by atoms with van der Waals surface area (Å²) in [6.45, 7) is -0.0113. The van der Waals surface area contributed by atoms with Gasteiger partial charge in [-0.1, -0.05) is 53.5 Å². The molecule has 2 aromatic carbocycles. The number of rotatable bonds is 5. The molecule has 0 radical (unpaired) electrons. The van der Waals surface area contributed by atoms with E-state index < -0.39 is 21.4 Å². The molecule has 162 valence electrons. The van der Waals surface area contributed by atoms with Crippen molar-refractivity contribution < 1.29 is 13.2 Å². The van der Waals surface area contributed by atoms with E-state index in [1.165, 1.54) is 23.0 Å². The van der Waals surface area contributed by atoms with Crippen LogP contribution in [0.15, 0.2) is 53.6 Å². The summed E-state index contributed by atoms with van der Waals surface area (Å²) in [5.74, 6) is -0.394. The number of aromatic nitrogens is 2. The van der Waals surface area contributed by atoms with Crippen molar-refractivity contribution in [1.29, 1.82) is 0 Å². The molecule has 2 heterocycles. The summed E-state index contributed by atoms with van der Waals surface area (Å²) in [4.78, 5) is 31.9. The van der Waals surface area contributed by atoms with Crippen LogP contribution < -0.4 is 5.56 Å². The number of benzene rings is 2. The topological polar surface area (TPSA) is 89.3 Å². The fourth-order valence-corrected chi connectivity index (χ4v) is 6.04. The van der Waals surface area contributed by atoms with Gasteiger partial charge in [-0.05, 0) is 24.1 Å². The maximum absolute atomic E-state index is 13.2. The molecular formula is C21H19Cl2N3O4S. The summed E-state index contributed by atoms with van der Waals surface area (Å²) in [6.07, 6.45) is 1.64. The number of sulfone groups is 1. The number of halogens is 2. The molecule has 1 fully saturated rings. The molecule has 10 heteroatoms. The lowest BCUT2D eigenvalue weighted by atomic mass is 10.1. The van der Waals surface area contributed by atoms with Gasteiger partial charge in [0.05, 0.1) is 33.8 Å². The van der Waals surface area contributed by atoms with E-state index in [9.17, 15) is 18.0 Å². The summed E-state index contributed by atoms with van der Waals surface area (Å²) in [7, 11) is -3.19. The van der Waals surface area contributed by atoms with E-state index in [0.29, 0.717) is 17.0 Å². The van der Waals surface area contributed by atoms with Crippen molar-refractivity contribution >= 4 is 49.8 Å². The molecule has 31 heavy (non-hydrogen) atoms. The van der Waals surface area contributed by atoms with Gasteiger partial charge in [-0.2, -0.15) is 0 Å². The van der Waals surface area contributed by atoms with Crippen LogP contribution in [0, 0.1) is 0 Å². The third-order valence-corrected chi connectivity index (χ3v) is 7.57. The van der Waals surface area contributed by atoms with E-state index in [0.717, 1.165) is 5.56 Å². The number of hydrogen-bond acceptors (Lipinski definition) is 5. The maximum Gasteiger partial charge on any atom is 0.261 e. The summed E-state index contributed by atoms with van der Waals surface area (Å²) in [6, 6.07) is 11.8. The van der Waals surface area contributed by atoms with Crippen molar-refractivity contribution in [1.82, 2.24) is 14.5 Å². The normalized spacial score (nSPS) is 17.7. The minimum Gasteiger partial charge on any atom is -0.333 e. The Hall–Kier alpha value is -2.42. The molecule has 0 saturated carbocycles. The second-order valence-electron chi connectivity index (χ2n) is 7.53. The smallest absolute Gasteiger partial charge is 0.261 e. The molecule has 0 N–H and O–H groups in total. The monoisotopic (exact) mass is 479 g/mol. The minimum atomic E-state index is -3.19. The fraction of sp³-hybridized carbons (Fsp3) is 0.286. The zero-order valence-corrected chi connectivity index (χ0v) is 18.7. The molecule has 7 nitrogen and oxygen atoms in total. The van der Waals surface area contributed by atoms with Crippen molar-refractivity contribution in [2.45, 2.75) is 25.6 Å². The predicted molar refractivity (Wildman–Crippen MR) is 120 cm³/mol. The van der Waals surface area contributed by atoms with Gasteiger partial charge in [0, 0.05) is 17.6 Å². The van der Waals surface area contributed by atoms with Crippen LogP contribution in [-0.4, -0.2) is 46.3 Å². The Kier molecular flexibility index (Phi) is 6.05. The van der Waals surface area contributed by atoms with Gasteiger partial charge in [0.25, 0.3) is 5.56 Å². The molecule has 1 saturated heterocycles. The van der Waals surface area contributed by atoms with E-state index >= 15 is 0 Å². The van der Waals surface area contributed by atoms with E-state index in [1.54, 1.807) is 4.90 Å². The van der Waals surface area contributed by atoms with E-state index in [1.807, 2.05) is 30.3 Å². The Morgan fingerprint density at radius 1 is 1.19 bits per heavy atom. The average Bonchev–Trinajstić information content (AvgIpc) is 3.08. The highest BCUT2D eigenvalue weighted by Crippen LogP contribution is 2.24. The first kappa shape index (κ1) is 21.8. The second kappa shape index (κ2) is 8.61. The Morgan fingerprint density at radius 3 is 2.61 bits per heavy atom. The Bertz CT molecular complexity index is 1310. The molecule has 1 aromatic heterocycles. The first-order valence-electron chi connectivity index (χ1n) is 9.61. The first-order chi connectivity index (χ1) is 14.7. The standard InChI is InChI=1S/C21H19Cl2N3O4S/c22-15-8-17-20(18(23)9-15)24-13-25(21(17)28)11-19(27)26(10-14-4-2-1-3-5-14)16-6-7-31(29,30)12-16/h1-5,8-9,13,16H,6-7,10-12H2. The van der Waals surface area contributed by atoms with Gasteiger partial charge in [-0.25, -0.2) is 13.4 Å². The average molecular weight is 480 g/mol. The highest BCUT2D eigenvalue weighted by Gasteiger charge is 2.34. The number of hydrogen-bond donors (Lipinski definition) is 0. The summed E-state index contributed by atoms with van der Waals surface area (Å²) >= 11 is 12.1. The predicted octanol–water partition coefficient (Wildman–Crippen LogP) is 2.92.